The highest BCUT2D eigenvalue weighted by Crippen LogP contribution is 2.18. The summed E-state index contributed by atoms with van der Waals surface area (Å²) in [7, 11) is 0. The number of nitrogens with two attached hydrogens (primary N) is 1. The second-order valence-electron chi connectivity index (χ2n) is 6.51. The monoisotopic (exact) mass is 444 g/mol. The first-order chi connectivity index (χ1) is 11.0. The molecule has 1 aliphatic rings. The molecule has 1 fully saturated rings. The van der Waals surface area contributed by atoms with Gasteiger partial charge in [0.2, 0.25) is 5.91 Å². The van der Waals surface area contributed by atoms with E-state index in [0.717, 1.165) is 18.5 Å². The molecule has 5 nitrogen and oxygen atoms in total. The predicted octanol–water partition coefficient (Wildman–Crippen LogP) is 3.60. The van der Waals surface area contributed by atoms with Gasteiger partial charge in [0.25, 0.3) is 0 Å². The molecule has 1 saturated carbocycles. The molecule has 0 atom stereocenters. The van der Waals surface area contributed by atoms with Crippen LogP contribution in [-0.2, 0) is 4.79 Å². The van der Waals surface area contributed by atoms with Crippen molar-refractivity contribution in [1.29, 1.82) is 0 Å². The van der Waals surface area contributed by atoms with E-state index in [2.05, 4.69) is 41.6 Å². The molecule has 0 spiro atoms. The van der Waals surface area contributed by atoms with Crippen LogP contribution in [0.1, 0.15) is 57.4 Å². The second kappa shape index (κ2) is 10.5. The van der Waals surface area contributed by atoms with Gasteiger partial charge in [-0.1, -0.05) is 45.2 Å². The maximum absolute atomic E-state index is 11.9. The largest absolute Gasteiger partial charge is 0.370 e. The van der Waals surface area contributed by atoms with Crippen molar-refractivity contribution >= 4 is 41.5 Å². The maximum Gasteiger partial charge on any atom is 0.242 e. The topological polar surface area (TPSA) is 79.5 Å². The standard InChI is InChI=1S/C18H28N4O.HI/c1-13(2)14-7-6-10-16(11-14)22-18(19)20-12-17(23)21-15-8-4-3-5-9-15;/h6-7,10-11,13,15H,3-5,8-9,12H2,1-2H3,(H,21,23)(H3,19,20,22);1H. The van der Waals surface area contributed by atoms with Crippen molar-refractivity contribution < 1.29 is 4.79 Å². The molecule has 1 aromatic rings. The van der Waals surface area contributed by atoms with Crippen LogP contribution in [0, 0.1) is 0 Å². The maximum atomic E-state index is 11.9. The van der Waals surface area contributed by atoms with Crippen LogP contribution < -0.4 is 16.4 Å². The summed E-state index contributed by atoms with van der Waals surface area (Å²) in [4.78, 5) is 16.0. The summed E-state index contributed by atoms with van der Waals surface area (Å²) in [5.74, 6) is 0.665. The van der Waals surface area contributed by atoms with Crippen LogP contribution in [0.3, 0.4) is 0 Å². The zero-order chi connectivity index (χ0) is 16.7. The first-order valence-corrected chi connectivity index (χ1v) is 8.51. The third-order valence-electron chi connectivity index (χ3n) is 4.19. The molecule has 1 aliphatic carbocycles. The summed E-state index contributed by atoms with van der Waals surface area (Å²) >= 11 is 0. The van der Waals surface area contributed by atoms with Crippen LogP contribution in [-0.4, -0.2) is 24.5 Å². The molecule has 0 aliphatic heterocycles. The Labute approximate surface area is 161 Å². The quantitative estimate of drug-likeness (QED) is 0.369. The van der Waals surface area contributed by atoms with Crippen molar-refractivity contribution in [3.8, 4) is 0 Å². The van der Waals surface area contributed by atoms with Gasteiger partial charge in [-0.05, 0) is 36.5 Å². The molecule has 0 radical (unpaired) electrons. The lowest BCUT2D eigenvalue weighted by Gasteiger charge is -2.22. The van der Waals surface area contributed by atoms with Crippen LogP contribution in [0.15, 0.2) is 29.3 Å². The van der Waals surface area contributed by atoms with Gasteiger partial charge < -0.3 is 16.4 Å². The van der Waals surface area contributed by atoms with E-state index in [1.165, 1.54) is 24.8 Å². The normalized spacial score (nSPS) is 15.7. The van der Waals surface area contributed by atoms with E-state index in [1.807, 2.05) is 12.1 Å². The Balaban J connectivity index is 0.00000288. The molecule has 6 heteroatoms. The Bertz CT molecular complexity index is 554. The van der Waals surface area contributed by atoms with Crippen molar-refractivity contribution in [1.82, 2.24) is 5.32 Å². The number of carbonyl (C=O) groups excluding carboxylic acids is 1. The van der Waals surface area contributed by atoms with E-state index in [-0.39, 0.29) is 42.4 Å². The number of aliphatic imine (C=N–C) groups is 1. The fraction of sp³-hybridized carbons (Fsp3) is 0.556. The van der Waals surface area contributed by atoms with E-state index in [4.69, 9.17) is 5.73 Å². The molecule has 0 aromatic heterocycles. The number of rotatable bonds is 5. The molecular formula is C18H29IN4O. The van der Waals surface area contributed by atoms with Gasteiger partial charge in [0, 0.05) is 11.7 Å². The molecule has 134 valence electrons. The highest BCUT2D eigenvalue weighted by atomic mass is 127. The van der Waals surface area contributed by atoms with E-state index < -0.39 is 0 Å². The molecule has 0 unspecified atom stereocenters. The average Bonchev–Trinajstić information content (AvgIpc) is 2.54. The molecule has 24 heavy (non-hydrogen) atoms. The van der Waals surface area contributed by atoms with Crippen LogP contribution in [0.5, 0.6) is 0 Å². The summed E-state index contributed by atoms with van der Waals surface area (Å²) in [6, 6.07) is 8.37. The fourth-order valence-electron chi connectivity index (χ4n) is 2.84. The van der Waals surface area contributed by atoms with Gasteiger partial charge in [0.05, 0.1) is 0 Å². The lowest BCUT2D eigenvalue weighted by atomic mass is 9.95. The van der Waals surface area contributed by atoms with Gasteiger partial charge in [-0.3, -0.25) is 4.79 Å². The van der Waals surface area contributed by atoms with Crippen molar-refractivity contribution in [3.63, 3.8) is 0 Å². The van der Waals surface area contributed by atoms with Crippen molar-refractivity contribution in [2.75, 3.05) is 11.9 Å². The van der Waals surface area contributed by atoms with E-state index >= 15 is 0 Å². The summed E-state index contributed by atoms with van der Waals surface area (Å²) in [5.41, 5.74) is 8.00. The lowest BCUT2D eigenvalue weighted by Crippen LogP contribution is -2.38. The summed E-state index contributed by atoms with van der Waals surface area (Å²) < 4.78 is 0. The number of carbonyl (C=O) groups is 1. The van der Waals surface area contributed by atoms with Gasteiger partial charge in [0.15, 0.2) is 5.96 Å². The highest BCUT2D eigenvalue weighted by molar-refractivity contribution is 14.0. The molecule has 0 saturated heterocycles. The molecule has 0 bridgehead atoms. The van der Waals surface area contributed by atoms with E-state index in [1.54, 1.807) is 0 Å². The predicted molar refractivity (Wildman–Crippen MR) is 111 cm³/mol. The van der Waals surface area contributed by atoms with Crippen LogP contribution >= 0.6 is 24.0 Å². The average molecular weight is 444 g/mol. The number of nitrogens with one attached hydrogen (secondary N) is 2. The van der Waals surface area contributed by atoms with Crippen LogP contribution in [0.2, 0.25) is 0 Å². The number of anilines is 1. The molecule has 2 rings (SSSR count). The Kier molecular flexibility index (Phi) is 9.10. The van der Waals surface area contributed by atoms with Gasteiger partial charge in [-0.15, -0.1) is 24.0 Å². The summed E-state index contributed by atoms with van der Waals surface area (Å²) in [6.45, 7) is 4.36. The zero-order valence-electron chi connectivity index (χ0n) is 14.5. The number of halogens is 1. The molecule has 1 amide bonds. The van der Waals surface area contributed by atoms with Gasteiger partial charge in [-0.25, -0.2) is 4.99 Å². The van der Waals surface area contributed by atoms with Crippen molar-refractivity contribution in [2.45, 2.75) is 57.9 Å². The SMILES string of the molecule is CC(C)c1cccc(NC(N)=NCC(=O)NC2CCCCC2)c1.I. The number of guanidine groups is 1. The lowest BCUT2D eigenvalue weighted by molar-refractivity contribution is -0.120. The molecule has 0 heterocycles. The Morgan fingerprint density at radius 2 is 2.00 bits per heavy atom. The minimum absolute atomic E-state index is 0. The third-order valence-corrected chi connectivity index (χ3v) is 4.19. The Hall–Kier alpha value is -1.31. The smallest absolute Gasteiger partial charge is 0.242 e. The number of nitrogens with zero attached hydrogens (tertiary/aromatic N) is 1. The number of amides is 1. The Morgan fingerprint density at radius 3 is 2.67 bits per heavy atom. The molecular weight excluding hydrogens is 415 g/mol. The Morgan fingerprint density at radius 1 is 1.29 bits per heavy atom. The second-order valence-corrected chi connectivity index (χ2v) is 6.51. The minimum Gasteiger partial charge on any atom is -0.370 e. The number of hydrogen-bond donors (Lipinski definition) is 3. The van der Waals surface area contributed by atoms with Gasteiger partial charge >= 0.3 is 0 Å². The third kappa shape index (κ3) is 7.07. The first kappa shape index (κ1) is 20.7. The van der Waals surface area contributed by atoms with Crippen LogP contribution in [0.4, 0.5) is 5.69 Å². The minimum atomic E-state index is -0.0578. The number of hydrogen-bond acceptors (Lipinski definition) is 2. The highest BCUT2D eigenvalue weighted by Gasteiger charge is 2.15. The summed E-state index contributed by atoms with van der Waals surface area (Å²) in [6.07, 6.45) is 5.82. The first-order valence-electron chi connectivity index (χ1n) is 8.51. The molecule has 1 aromatic carbocycles. The van der Waals surface area contributed by atoms with Gasteiger partial charge in [0.1, 0.15) is 6.54 Å². The van der Waals surface area contributed by atoms with E-state index in [9.17, 15) is 4.79 Å². The van der Waals surface area contributed by atoms with Gasteiger partial charge in [-0.2, -0.15) is 0 Å². The van der Waals surface area contributed by atoms with Crippen molar-refractivity contribution in [2.24, 2.45) is 10.7 Å². The van der Waals surface area contributed by atoms with E-state index in [0.29, 0.717) is 12.0 Å². The zero-order valence-corrected chi connectivity index (χ0v) is 16.9. The summed E-state index contributed by atoms with van der Waals surface area (Å²) in [5, 5.41) is 6.08. The fourth-order valence-corrected chi connectivity index (χ4v) is 2.84. The molecule has 4 N–H and O–H groups in total. The number of benzene rings is 1. The van der Waals surface area contributed by atoms with Crippen LogP contribution in [0.25, 0.3) is 0 Å². The van der Waals surface area contributed by atoms with Crippen molar-refractivity contribution in [3.05, 3.63) is 29.8 Å².